The number of morpholine rings is 1. The molecule has 1 aliphatic rings. The Hall–Kier alpha value is -2.10. The highest BCUT2D eigenvalue weighted by Gasteiger charge is 2.31. The number of nitriles is 1. The van der Waals surface area contributed by atoms with Gasteiger partial charge in [-0.3, -0.25) is 0 Å². The second kappa shape index (κ2) is 5.95. The van der Waals surface area contributed by atoms with E-state index < -0.39 is 0 Å². The van der Waals surface area contributed by atoms with Crippen LogP contribution in [0.3, 0.4) is 0 Å². The molecule has 6 nitrogen and oxygen atoms in total. The summed E-state index contributed by atoms with van der Waals surface area (Å²) in [7, 11) is 0. The van der Waals surface area contributed by atoms with Crippen molar-refractivity contribution in [3.63, 3.8) is 0 Å². The average Bonchev–Trinajstić information content (AvgIpc) is 2.93. The van der Waals surface area contributed by atoms with Crippen molar-refractivity contribution in [1.29, 1.82) is 5.26 Å². The smallest absolute Gasteiger partial charge is 0.257 e. The van der Waals surface area contributed by atoms with Gasteiger partial charge in [-0.05, 0) is 32.0 Å². The van der Waals surface area contributed by atoms with Crippen LogP contribution in [0.25, 0.3) is 0 Å². The number of ether oxygens (including phenoxy) is 1. The van der Waals surface area contributed by atoms with Gasteiger partial charge in [-0.15, -0.1) is 0 Å². The van der Waals surface area contributed by atoms with E-state index in [2.05, 4.69) is 21.1 Å². The Morgan fingerprint density at radius 1 is 1.41 bits per heavy atom. The van der Waals surface area contributed by atoms with Gasteiger partial charge < -0.3 is 14.2 Å². The van der Waals surface area contributed by atoms with Gasteiger partial charge in [0.05, 0.1) is 23.9 Å². The summed E-state index contributed by atoms with van der Waals surface area (Å²) in [5.41, 5.74) is 1.38. The molecule has 1 aliphatic heterocycles. The van der Waals surface area contributed by atoms with Crippen molar-refractivity contribution in [2.75, 3.05) is 18.0 Å². The lowest BCUT2D eigenvalue weighted by Crippen LogP contribution is -2.43. The molecule has 2 aromatic rings. The summed E-state index contributed by atoms with van der Waals surface area (Å²) in [6, 6.07) is 7.50. The summed E-state index contributed by atoms with van der Waals surface area (Å²) in [5.74, 6) is 1.04. The number of rotatable bonds is 2. The quantitative estimate of drug-likeness (QED) is 0.847. The average molecular weight is 319 g/mol. The number of aromatic nitrogens is 2. The van der Waals surface area contributed by atoms with E-state index in [1.54, 1.807) is 19.1 Å². The third kappa shape index (κ3) is 2.91. The van der Waals surface area contributed by atoms with Gasteiger partial charge in [-0.2, -0.15) is 10.2 Å². The molecule has 0 aliphatic carbocycles. The molecule has 0 amide bonds. The Morgan fingerprint density at radius 2 is 2.23 bits per heavy atom. The monoisotopic (exact) mass is 318 g/mol. The van der Waals surface area contributed by atoms with Crippen molar-refractivity contribution < 1.29 is 9.26 Å². The van der Waals surface area contributed by atoms with Crippen LogP contribution in [-0.4, -0.2) is 29.3 Å². The summed E-state index contributed by atoms with van der Waals surface area (Å²) in [5, 5.41) is 13.7. The normalized spacial score (nSPS) is 21.6. The van der Waals surface area contributed by atoms with E-state index in [0.29, 0.717) is 35.4 Å². The highest BCUT2D eigenvalue weighted by atomic mass is 35.5. The Kier molecular flexibility index (Phi) is 4.01. The molecule has 3 rings (SSSR count). The molecule has 114 valence electrons. The van der Waals surface area contributed by atoms with Crippen LogP contribution >= 0.6 is 11.6 Å². The lowest BCUT2D eigenvalue weighted by atomic mass is 10.1. The summed E-state index contributed by atoms with van der Waals surface area (Å²) in [4.78, 5) is 6.33. The minimum Gasteiger partial charge on any atom is -0.365 e. The molecule has 0 bridgehead atoms. The molecule has 0 spiro atoms. The van der Waals surface area contributed by atoms with Crippen molar-refractivity contribution in [3.8, 4) is 6.07 Å². The fourth-order valence-electron chi connectivity index (χ4n) is 2.60. The van der Waals surface area contributed by atoms with Gasteiger partial charge in [-0.25, -0.2) is 0 Å². The molecule has 0 saturated carbocycles. The standard InChI is InChI=1S/C15H15ClN4O2/c1-9-7-20(13-4-3-12(16)5-11(13)6-17)8-14(21-9)15-18-10(2)19-22-15/h3-5,9,14H,7-8H2,1-2H3/t9-,14-/m1/s1. The molecule has 1 fully saturated rings. The van der Waals surface area contributed by atoms with Gasteiger partial charge in [0.25, 0.3) is 5.89 Å². The molecule has 22 heavy (non-hydrogen) atoms. The number of aryl methyl sites for hydroxylation is 1. The van der Waals surface area contributed by atoms with Crippen molar-refractivity contribution in [2.24, 2.45) is 0 Å². The van der Waals surface area contributed by atoms with Crippen molar-refractivity contribution in [2.45, 2.75) is 26.1 Å². The van der Waals surface area contributed by atoms with Crippen LogP contribution < -0.4 is 4.90 Å². The number of hydrogen-bond acceptors (Lipinski definition) is 6. The number of anilines is 1. The third-order valence-electron chi connectivity index (χ3n) is 3.50. The first-order valence-electron chi connectivity index (χ1n) is 6.97. The number of hydrogen-bond donors (Lipinski definition) is 0. The molecule has 2 heterocycles. The van der Waals surface area contributed by atoms with E-state index in [-0.39, 0.29) is 12.2 Å². The topological polar surface area (TPSA) is 75.2 Å². The number of nitrogens with zero attached hydrogens (tertiary/aromatic N) is 4. The molecule has 0 unspecified atom stereocenters. The van der Waals surface area contributed by atoms with Gasteiger partial charge >= 0.3 is 0 Å². The molecule has 0 radical (unpaired) electrons. The molecule has 0 N–H and O–H groups in total. The van der Waals surface area contributed by atoms with Crippen LogP contribution in [0, 0.1) is 18.3 Å². The highest BCUT2D eigenvalue weighted by Crippen LogP contribution is 2.31. The van der Waals surface area contributed by atoms with Gasteiger partial charge in [0.15, 0.2) is 11.9 Å². The predicted octanol–water partition coefficient (Wildman–Crippen LogP) is 2.87. The highest BCUT2D eigenvalue weighted by molar-refractivity contribution is 6.30. The lowest BCUT2D eigenvalue weighted by molar-refractivity contribution is -0.0331. The Labute approximate surface area is 133 Å². The molecule has 7 heteroatoms. The lowest BCUT2D eigenvalue weighted by Gasteiger charge is -2.37. The van der Waals surface area contributed by atoms with Crippen molar-refractivity contribution in [1.82, 2.24) is 10.1 Å². The van der Waals surface area contributed by atoms with Crippen LogP contribution in [0.2, 0.25) is 5.02 Å². The fraction of sp³-hybridized carbons (Fsp3) is 0.400. The maximum atomic E-state index is 9.32. The second-order valence-corrected chi connectivity index (χ2v) is 5.73. The first-order valence-corrected chi connectivity index (χ1v) is 7.35. The molecule has 2 atom stereocenters. The summed E-state index contributed by atoms with van der Waals surface area (Å²) in [6.07, 6.45) is -0.333. The Bertz CT molecular complexity index is 725. The zero-order chi connectivity index (χ0) is 15.7. The van der Waals surface area contributed by atoms with Gasteiger partial charge in [-0.1, -0.05) is 16.8 Å². The molecular formula is C15H15ClN4O2. The first-order chi connectivity index (χ1) is 10.6. The van der Waals surface area contributed by atoms with Crippen LogP contribution in [-0.2, 0) is 4.74 Å². The predicted molar refractivity (Wildman–Crippen MR) is 80.7 cm³/mol. The van der Waals surface area contributed by atoms with Crippen LogP contribution in [0.5, 0.6) is 0 Å². The van der Waals surface area contributed by atoms with Crippen molar-refractivity contribution in [3.05, 3.63) is 40.5 Å². The van der Waals surface area contributed by atoms with Crippen LogP contribution in [0.15, 0.2) is 22.7 Å². The Morgan fingerprint density at radius 3 is 2.91 bits per heavy atom. The fourth-order valence-corrected chi connectivity index (χ4v) is 2.77. The second-order valence-electron chi connectivity index (χ2n) is 5.29. The van der Waals surface area contributed by atoms with E-state index in [1.807, 2.05) is 13.0 Å². The van der Waals surface area contributed by atoms with Gasteiger partial charge in [0, 0.05) is 11.6 Å². The minimum absolute atomic E-state index is 0.0202. The molecular weight excluding hydrogens is 304 g/mol. The molecule has 1 aromatic heterocycles. The van der Waals surface area contributed by atoms with Crippen LogP contribution in [0.1, 0.15) is 30.3 Å². The maximum absolute atomic E-state index is 9.32. The third-order valence-corrected chi connectivity index (χ3v) is 3.73. The molecule has 1 saturated heterocycles. The number of benzene rings is 1. The van der Waals surface area contributed by atoms with E-state index in [4.69, 9.17) is 20.9 Å². The molecule has 1 aromatic carbocycles. The zero-order valence-corrected chi connectivity index (χ0v) is 13.0. The summed E-state index contributed by atoms with van der Waals surface area (Å²) >= 11 is 5.96. The SMILES string of the molecule is Cc1noc([C@H]2CN(c3ccc(Cl)cc3C#N)C[C@@H](C)O2)n1. The van der Waals surface area contributed by atoms with E-state index in [1.165, 1.54) is 0 Å². The van der Waals surface area contributed by atoms with Crippen LogP contribution in [0.4, 0.5) is 5.69 Å². The van der Waals surface area contributed by atoms with Crippen molar-refractivity contribution >= 4 is 17.3 Å². The van der Waals surface area contributed by atoms with E-state index in [0.717, 1.165) is 5.69 Å². The summed E-state index contributed by atoms with van der Waals surface area (Å²) < 4.78 is 11.1. The van der Waals surface area contributed by atoms with E-state index >= 15 is 0 Å². The van der Waals surface area contributed by atoms with Gasteiger partial charge in [0.2, 0.25) is 0 Å². The minimum atomic E-state index is -0.313. The Balaban J connectivity index is 1.90. The zero-order valence-electron chi connectivity index (χ0n) is 12.3. The summed E-state index contributed by atoms with van der Waals surface area (Å²) in [6.45, 7) is 4.97. The van der Waals surface area contributed by atoms with Gasteiger partial charge in [0.1, 0.15) is 6.07 Å². The number of halogens is 1. The maximum Gasteiger partial charge on any atom is 0.257 e. The largest absolute Gasteiger partial charge is 0.365 e. The van der Waals surface area contributed by atoms with E-state index in [9.17, 15) is 5.26 Å². The first kappa shape index (κ1) is 14.8.